The van der Waals surface area contributed by atoms with E-state index in [4.69, 9.17) is 11.6 Å². The van der Waals surface area contributed by atoms with E-state index in [1.54, 1.807) is 11.0 Å². The summed E-state index contributed by atoms with van der Waals surface area (Å²) in [7, 11) is 3.97. The van der Waals surface area contributed by atoms with Crippen molar-refractivity contribution in [3.8, 4) is 0 Å². The van der Waals surface area contributed by atoms with Gasteiger partial charge in [-0.15, -0.1) is 0 Å². The number of rotatable bonds is 6. The highest BCUT2D eigenvalue weighted by atomic mass is 35.5. The number of aromatic nitrogens is 1. The molecule has 0 unspecified atom stereocenters. The third kappa shape index (κ3) is 4.49. The lowest BCUT2D eigenvalue weighted by Crippen LogP contribution is -2.35. The number of nitrogens with zero attached hydrogens (tertiary/aromatic N) is 3. The van der Waals surface area contributed by atoms with Gasteiger partial charge in [-0.1, -0.05) is 59.3 Å². The van der Waals surface area contributed by atoms with Crippen molar-refractivity contribution in [2.45, 2.75) is 0 Å². The molecule has 0 aliphatic rings. The van der Waals surface area contributed by atoms with Crippen molar-refractivity contribution in [1.29, 1.82) is 0 Å². The fourth-order valence-electron chi connectivity index (χ4n) is 2.44. The average molecular weight is 386 g/mol. The number of amides is 1. The van der Waals surface area contributed by atoms with Gasteiger partial charge in [0, 0.05) is 19.2 Å². The first-order chi connectivity index (χ1) is 12.5. The number of hydrogen-bond donors (Lipinski definition) is 0. The van der Waals surface area contributed by atoms with Gasteiger partial charge in [-0.3, -0.25) is 9.69 Å². The maximum Gasteiger partial charge on any atom is 0.252 e. The molecule has 1 amide bonds. The van der Waals surface area contributed by atoms with E-state index >= 15 is 0 Å². The van der Waals surface area contributed by atoms with Gasteiger partial charge in [0.15, 0.2) is 5.13 Å². The smallest absolute Gasteiger partial charge is 0.252 e. The second kappa shape index (κ2) is 8.45. The molecule has 0 aliphatic heterocycles. The van der Waals surface area contributed by atoms with Crippen LogP contribution in [0.4, 0.5) is 5.13 Å². The number of likely N-dealkylation sites (N-methyl/N-ethyl adjacent to an activating group) is 1. The van der Waals surface area contributed by atoms with E-state index < -0.39 is 0 Å². The van der Waals surface area contributed by atoms with Crippen molar-refractivity contribution >= 4 is 50.3 Å². The van der Waals surface area contributed by atoms with Gasteiger partial charge in [-0.25, -0.2) is 4.98 Å². The Kier molecular flexibility index (Phi) is 6.04. The molecule has 0 atom stereocenters. The summed E-state index contributed by atoms with van der Waals surface area (Å²) in [6, 6.07) is 15.5. The minimum Gasteiger partial charge on any atom is -0.308 e. The topological polar surface area (TPSA) is 36.4 Å². The molecular weight excluding hydrogens is 366 g/mol. The molecule has 134 valence electrons. The molecule has 0 saturated carbocycles. The number of benzene rings is 2. The molecule has 6 heteroatoms. The molecule has 3 aromatic rings. The zero-order valence-electron chi connectivity index (χ0n) is 14.7. The monoisotopic (exact) mass is 385 g/mol. The third-order valence-electron chi connectivity index (χ3n) is 3.84. The number of fused-ring (bicyclic) bond motifs is 1. The van der Waals surface area contributed by atoms with Gasteiger partial charge in [0.25, 0.3) is 5.91 Å². The van der Waals surface area contributed by atoms with Crippen LogP contribution in [0.25, 0.3) is 16.3 Å². The van der Waals surface area contributed by atoms with Crippen LogP contribution >= 0.6 is 22.9 Å². The van der Waals surface area contributed by atoms with Crippen LogP contribution < -0.4 is 4.90 Å². The Morgan fingerprint density at radius 2 is 1.88 bits per heavy atom. The van der Waals surface area contributed by atoms with E-state index in [1.807, 2.05) is 73.6 Å². The molecule has 26 heavy (non-hydrogen) atoms. The van der Waals surface area contributed by atoms with Crippen molar-refractivity contribution < 1.29 is 4.79 Å². The van der Waals surface area contributed by atoms with Crippen molar-refractivity contribution in [1.82, 2.24) is 9.88 Å². The second-order valence-corrected chi connectivity index (χ2v) is 7.54. The molecule has 1 aromatic heterocycles. The molecule has 1 heterocycles. The summed E-state index contributed by atoms with van der Waals surface area (Å²) in [5.41, 5.74) is 1.73. The lowest BCUT2D eigenvalue weighted by molar-refractivity contribution is -0.114. The number of thiazole rings is 1. The molecular formula is C20H20ClN3OS. The van der Waals surface area contributed by atoms with E-state index in [0.717, 1.165) is 22.3 Å². The fourth-order valence-corrected chi connectivity index (χ4v) is 3.74. The predicted octanol–water partition coefficient (Wildman–Crippen LogP) is 4.56. The Bertz CT molecular complexity index is 921. The first kappa shape index (κ1) is 18.6. The highest BCUT2D eigenvalue weighted by Crippen LogP contribution is 2.32. The van der Waals surface area contributed by atoms with E-state index in [-0.39, 0.29) is 5.91 Å². The molecule has 0 saturated heterocycles. The summed E-state index contributed by atoms with van der Waals surface area (Å²) in [6.45, 7) is 1.30. The molecule has 0 aliphatic carbocycles. The molecule has 0 radical (unpaired) electrons. The Morgan fingerprint density at radius 1 is 1.12 bits per heavy atom. The zero-order valence-corrected chi connectivity index (χ0v) is 16.3. The highest BCUT2D eigenvalue weighted by molar-refractivity contribution is 7.22. The van der Waals surface area contributed by atoms with Crippen molar-refractivity contribution in [2.24, 2.45) is 0 Å². The van der Waals surface area contributed by atoms with Gasteiger partial charge in [0.05, 0.1) is 9.72 Å². The lowest BCUT2D eigenvalue weighted by atomic mass is 10.2. The SMILES string of the molecule is CN(C)CCN(C(=O)/C=C/c1ccccc1)c1nc2c(Cl)cccc2s1. The van der Waals surface area contributed by atoms with Crippen LogP contribution in [0, 0.1) is 0 Å². The molecule has 3 rings (SSSR count). The van der Waals surface area contributed by atoms with Crippen LogP contribution in [-0.2, 0) is 4.79 Å². The van der Waals surface area contributed by atoms with Gasteiger partial charge in [-0.2, -0.15) is 0 Å². The lowest BCUT2D eigenvalue weighted by Gasteiger charge is -2.20. The third-order valence-corrected chi connectivity index (χ3v) is 5.19. The maximum absolute atomic E-state index is 12.8. The van der Waals surface area contributed by atoms with Gasteiger partial charge in [0.2, 0.25) is 0 Å². The standard InChI is InChI=1S/C20H20ClN3OS/c1-23(2)13-14-24(18(25)12-11-15-7-4-3-5-8-15)20-22-19-16(21)9-6-10-17(19)26-20/h3-12H,13-14H2,1-2H3/b12-11+. The largest absolute Gasteiger partial charge is 0.308 e. The minimum atomic E-state index is -0.0918. The second-order valence-electron chi connectivity index (χ2n) is 6.12. The molecule has 0 N–H and O–H groups in total. The molecule has 4 nitrogen and oxygen atoms in total. The van der Waals surface area contributed by atoms with E-state index in [9.17, 15) is 4.79 Å². The van der Waals surface area contributed by atoms with E-state index in [2.05, 4.69) is 4.98 Å². The highest BCUT2D eigenvalue weighted by Gasteiger charge is 2.18. The van der Waals surface area contributed by atoms with Crippen molar-refractivity contribution in [3.05, 3.63) is 65.2 Å². The molecule has 0 fully saturated rings. The number of para-hydroxylation sites is 1. The van der Waals surface area contributed by atoms with E-state index in [1.165, 1.54) is 11.3 Å². The summed E-state index contributed by atoms with van der Waals surface area (Å²) in [4.78, 5) is 21.2. The van der Waals surface area contributed by atoms with Crippen LogP contribution in [0.2, 0.25) is 5.02 Å². The van der Waals surface area contributed by atoms with Crippen LogP contribution in [0.15, 0.2) is 54.6 Å². The van der Waals surface area contributed by atoms with Crippen LogP contribution in [0.1, 0.15) is 5.56 Å². The first-order valence-corrected chi connectivity index (χ1v) is 9.48. The van der Waals surface area contributed by atoms with Gasteiger partial charge >= 0.3 is 0 Å². The van der Waals surface area contributed by atoms with Gasteiger partial charge in [0.1, 0.15) is 5.52 Å². The molecule has 0 spiro atoms. The average Bonchev–Trinajstić information content (AvgIpc) is 3.06. The molecule has 0 bridgehead atoms. The first-order valence-electron chi connectivity index (χ1n) is 8.29. The Balaban J connectivity index is 1.89. The predicted molar refractivity (Wildman–Crippen MR) is 111 cm³/mol. The van der Waals surface area contributed by atoms with Crippen LogP contribution in [0.5, 0.6) is 0 Å². The van der Waals surface area contributed by atoms with Gasteiger partial charge < -0.3 is 4.90 Å². The maximum atomic E-state index is 12.8. The van der Waals surface area contributed by atoms with Crippen molar-refractivity contribution in [3.63, 3.8) is 0 Å². The summed E-state index contributed by atoms with van der Waals surface area (Å²) >= 11 is 7.72. The van der Waals surface area contributed by atoms with E-state index in [0.29, 0.717) is 16.7 Å². The van der Waals surface area contributed by atoms with Crippen LogP contribution in [-0.4, -0.2) is 43.0 Å². The minimum absolute atomic E-state index is 0.0918. The summed E-state index contributed by atoms with van der Waals surface area (Å²) in [6.07, 6.45) is 3.42. The summed E-state index contributed by atoms with van der Waals surface area (Å²) in [5, 5.41) is 1.27. The van der Waals surface area contributed by atoms with Gasteiger partial charge in [-0.05, 0) is 37.9 Å². The number of carbonyl (C=O) groups excluding carboxylic acids is 1. The normalized spacial score (nSPS) is 11.5. The van der Waals surface area contributed by atoms with Crippen LogP contribution in [0.3, 0.4) is 0 Å². The summed E-state index contributed by atoms with van der Waals surface area (Å²) in [5.74, 6) is -0.0918. The van der Waals surface area contributed by atoms with Crippen molar-refractivity contribution in [2.75, 3.05) is 32.1 Å². The number of hydrogen-bond acceptors (Lipinski definition) is 4. The zero-order chi connectivity index (χ0) is 18.5. The summed E-state index contributed by atoms with van der Waals surface area (Å²) < 4.78 is 0.974. The Morgan fingerprint density at radius 3 is 2.58 bits per heavy atom. The Hall–Kier alpha value is -2.21. The quantitative estimate of drug-likeness (QED) is 0.584. The number of halogens is 1. The fraction of sp³-hybridized carbons (Fsp3) is 0.200. The number of anilines is 1. The number of carbonyl (C=O) groups is 1. The Labute approximate surface area is 162 Å². The molecule has 2 aromatic carbocycles.